The van der Waals surface area contributed by atoms with Gasteiger partial charge < -0.3 is 10.4 Å². The van der Waals surface area contributed by atoms with Crippen LogP contribution in [0.4, 0.5) is 0 Å². The maximum absolute atomic E-state index is 11.6. The Morgan fingerprint density at radius 1 is 1.47 bits per heavy atom. The van der Waals surface area contributed by atoms with Crippen molar-refractivity contribution in [1.82, 2.24) is 5.32 Å². The van der Waals surface area contributed by atoms with E-state index < -0.39 is 6.10 Å². The van der Waals surface area contributed by atoms with Crippen molar-refractivity contribution >= 4 is 27.9 Å². The van der Waals surface area contributed by atoms with Crippen LogP contribution in [-0.2, 0) is 4.79 Å². The molecule has 0 saturated heterocycles. The van der Waals surface area contributed by atoms with Crippen LogP contribution in [-0.4, -0.2) is 23.7 Å². The maximum Gasteiger partial charge on any atom is 0.244 e. The van der Waals surface area contributed by atoms with E-state index in [4.69, 9.17) is 0 Å². The van der Waals surface area contributed by atoms with E-state index in [1.807, 2.05) is 38.1 Å². The summed E-state index contributed by atoms with van der Waals surface area (Å²) in [5, 5.41) is 12.3. The monoisotopic (exact) mass is 325 g/mol. The van der Waals surface area contributed by atoms with E-state index in [2.05, 4.69) is 21.2 Å². The van der Waals surface area contributed by atoms with Crippen LogP contribution in [0.5, 0.6) is 0 Å². The average molecular weight is 326 g/mol. The summed E-state index contributed by atoms with van der Waals surface area (Å²) < 4.78 is 0.974. The lowest BCUT2D eigenvalue weighted by Crippen LogP contribution is -2.31. The van der Waals surface area contributed by atoms with E-state index in [-0.39, 0.29) is 5.91 Å². The van der Waals surface area contributed by atoms with Crippen molar-refractivity contribution in [2.45, 2.75) is 26.4 Å². The molecule has 1 rings (SSSR count). The third-order valence-corrected chi connectivity index (χ3v) is 3.02. The largest absolute Gasteiger partial charge is 0.391 e. The molecule has 0 spiro atoms. The zero-order valence-electron chi connectivity index (χ0n) is 11.3. The lowest BCUT2D eigenvalue weighted by atomic mass is 10.1. The molecule has 0 saturated carbocycles. The van der Waals surface area contributed by atoms with Gasteiger partial charge in [0.1, 0.15) is 0 Å². The fourth-order valence-corrected chi connectivity index (χ4v) is 2.10. The molecular weight excluding hydrogens is 306 g/mol. The van der Waals surface area contributed by atoms with Crippen molar-refractivity contribution in [1.29, 1.82) is 0 Å². The van der Waals surface area contributed by atoms with E-state index >= 15 is 0 Å². The Hall–Kier alpha value is -1.13. The van der Waals surface area contributed by atoms with Gasteiger partial charge in [0.25, 0.3) is 0 Å². The van der Waals surface area contributed by atoms with Gasteiger partial charge in [0.2, 0.25) is 5.91 Å². The summed E-state index contributed by atoms with van der Waals surface area (Å²) in [7, 11) is 0. The number of nitrogens with one attached hydrogen (secondary N) is 1. The molecular formula is C15H20BrNO2. The molecule has 2 N–H and O–H groups in total. The minimum atomic E-state index is -0.483. The second kappa shape index (κ2) is 8.12. The van der Waals surface area contributed by atoms with Gasteiger partial charge in [0.15, 0.2) is 0 Å². The van der Waals surface area contributed by atoms with Crippen LogP contribution in [0, 0.1) is 5.92 Å². The minimum absolute atomic E-state index is 0.192. The van der Waals surface area contributed by atoms with E-state index in [1.165, 1.54) is 6.08 Å². The standard InChI is InChI=1S/C15H20BrNO2/c1-11(2)8-14(18)10-17-15(19)7-6-12-4-3-5-13(16)9-12/h3-7,9,11,14,18H,8,10H2,1-2H3,(H,17,19)/b7-6+. The van der Waals surface area contributed by atoms with Gasteiger partial charge in [-0.15, -0.1) is 0 Å². The molecule has 0 aliphatic heterocycles. The first-order valence-corrected chi connectivity index (χ1v) is 7.16. The molecule has 1 aromatic carbocycles. The van der Waals surface area contributed by atoms with E-state index in [1.54, 1.807) is 6.08 Å². The molecule has 0 bridgehead atoms. The lowest BCUT2D eigenvalue weighted by Gasteiger charge is -2.12. The molecule has 19 heavy (non-hydrogen) atoms. The van der Waals surface area contributed by atoms with Crippen molar-refractivity contribution in [3.05, 3.63) is 40.4 Å². The number of hydrogen-bond acceptors (Lipinski definition) is 2. The summed E-state index contributed by atoms with van der Waals surface area (Å²) in [4.78, 5) is 11.6. The summed E-state index contributed by atoms with van der Waals surface area (Å²) in [5.74, 6) is 0.229. The quantitative estimate of drug-likeness (QED) is 0.790. The Bertz CT molecular complexity index is 444. The zero-order valence-corrected chi connectivity index (χ0v) is 12.9. The van der Waals surface area contributed by atoms with Crippen LogP contribution in [0.15, 0.2) is 34.8 Å². The van der Waals surface area contributed by atoms with Crippen LogP contribution in [0.1, 0.15) is 25.8 Å². The predicted octanol–water partition coefficient (Wildman–Crippen LogP) is 2.99. The predicted molar refractivity (Wildman–Crippen MR) is 81.6 cm³/mol. The van der Waals surface area contributed by atoms with Crippen LogP contribution < -0.4 is 5.32 Å². The zero-order chi connectivity index (χ0) is 14.3. The molecule has 1 atom stereocenters. The Morgan fingerprint density at radius 2 is 2.21 bits per heavy atom. The molecule has 1 aromatic rings. The van der Waals surface area contributed by atoms with Crippen molar-refractivity contribution in [2.75, 3.05) is 6.54 Å². The summed E-state index contributed by atoms with van der Waals surface area (Å²) in [6.45, 7) is 4.37. The third-order valence-electron chi connectivity index (χ3n) is 2.53. The Balaban J connectivity index is 2.39. The van der Waals surface area contributed by atoms with E-state index in [0.29, 0.717) is 18.9 Å². The van der Waals surface area contributed by atoms with Crippen molar-refractivity contribution < 1.29 is 9.90 Å². The number of aliphatic hydroxyl groups is 1. The summed E-state index contributed by atoms with van der Waals surface area (Å²) in [6, 6.07) is 7.69. The van der Waals surface area contributed by atoms with Gasteiger partial charge in [-0.25, -0.2) is 0 Å². The highest BCUT2D eigenvalue weighted by Crippen LogP contribution is 2.12. The van der Waals surface area contributed by atoms with Crippen LogP contribution in [0.25, 0.3) is 6.08 Å². The molecule has 0 aromatic heterocycles. The molecule has 0 radical (unpaired) electrons. The third kappa shape index (κ3) is 7.13. The second-order valence-corrected chi connectivity index (χ2v) is 5.83. The molecule has 0 fully saturated rings. The van der Waals surface area contributed by atoms with Gasteiger partial charge in [-0.1, -0.05) is 41.9 Å². The number of halogens is 1. The summed E-state index contributed by atoms with van der Waals surface area (Å²) in [6.07, 6.45) is 3.43. The van der Waals surface area contributed by atoms with Crippen LogP contribution >= 0.6 is 15.9 Å². The second-order valence-electron chi connectivity index (χ2n) is 4.92. The Kier molecular flexibility index (Phi) is 6.81. The summed E-state index contributed by atoms with van der Waals surface area (Å²) in [5.41, 5.74) is 0.951. The normalized spacial score (nSPS) is 12.9. The maximum atomic E-state index is 11.6. The smallest absolute Gasteiger partial charge is 0.244 e. The molecule has 4 heteroatoms. The Morgan fingerprint density at radius 3 is 2.84 bits per heavy atom. The van der Waals surface area contributed by atoms with Crippen LogP contribution in [0.2, 0.25) is 0 Å². The van der Waals surface area contributed by atoms with Crippen molar-refractivity contribution in [3.63, 3.8) is 0 Å². The first-order valence-electron chi connectivity index (χ1n) is 6.37. The van der Waals surface area contributed by atoms with Gasteiger partial charge in [0.05, 0.1) is 6.10 Å². The van der Waals surface area contributed by atoms with Gasteiger partial charge in [-0.2, -0.15) is 0 Å². The number of rotatable bonds is 6. The van der Waals surface area contributed by atoms with E-state index in [9.17, 15) is 9.90 Å². The number of carbonyl (C=O) groups excluding carboxylic acids is 1. The molecule has 0 aliphatic carbocycles. The molecule has 0 aliphatic rings. The first kappa shape index (κ1) is 15.9. The van der Waals surface area contributed by atoms with Gasteiger partial charge in [-0.05, 0) is 36.1 Å². The number of amides is 1. The van der Waals surface area contributed by atoms with Gasteiger partial charge >= 0.3 is 0 Å². The molecule has 1 unspecified atom stereocenters. The topological polar surface area (TPSA) is 49.3 Å². The summed E-state index contributed by atoms with van der Waals surface area (Å²) >= 11 is 3.37. The number of carbonyl (C=O) groups is 1. The molecule has 1 amide bonds. The highest BCUT2D eigenvalue weighted by atomic mass is 79.9. The highest BCUT2D eigenvalue weighted by molar-refractivity contribution is 9.10. The first-order chi connectivity index (χ1) is 8.97. The minimum Gasteiger partial charge on any atom is -0.391 e. The molecule has 0 heterocycles. The average Bonchev–Trinajstić information content (AvgIpc) is 2.33. The number of hydrogen-bond donors (Lipinski definition) is 2. The van der Waals surface area contributed by atoms with Crippen LogP contribution in [0.3, 0.4) is 0 Å². The van der Waals surface area contributed by atoms with E-state index in [0.717, 1.165) is 10.0 Å². The number of benzene rings is 1. The number of aliphatic hydroxyl groups excluding tert-OH is 1. The van der Waals surface area contributed by atoms with Gasteiger partial charge in [-0.3, -0.25) is 4.79 Å². The van der Waals surface area contributed by atoms with Crippen molar-refractivity contribution in [2.24, 2.45) is 5.92 Å². The fourth-order valence-electron chi connectivity index (χ4n) is 1.69. The van der Waals surface area contributed by atoms with Gasteiger partial charge in [0, 0.05) is 17.1 Å². The lowest BCUT2D eigenvalue weighted by molar-refractivity contribution is -0.116. The Labute approximate surface area is 122 Å². The molecule has 3 nitrogen and oxygen atoms in total. The highest BCUT2D eigenvalue weighted by Gasteiger charge is 2.07. The molecule has 104 valence electrons. The van der Waals surface area contributed by atoms with Crippen molar-refractivity contribution in [3.8, 4) is 0 Å². The SMILES string of the molecule is CC(C)CC(O)CNC(=O)/C=C/c1cccc(Br)c1. The fraction of sp³-hybridized carbons (Fsp3) is 0.400.